The molecule has 0 radical (unpaired) electrons. The normalized spacial score (nSPS) is 20.7. The van der Waals surface area contributed by atoms with Crippen LogP contribution in [-0.2, 0) is 9.59 Å². The van der Waals surface area contributed by atoms with Gasteiger partial charge in [0, 0.05) is 31.1 Å². The molecule has 1 aliphatic heterocycles. The van der Waals surface area contributed by atoms with Crippen LogP contribution in [0.15, 0.2) is 36.5 Å². The maximum Gasteiger partial charge on any atom is 0.233 e. The summed E-state index contributed by atoms with van der Waals surface area (Å²) >= 11 is 0. The number of likely N-dealkylation sites (tertiary alicyclic amines) is 1. The second-order valence-electron chi connectivity index (χ2n) is 6.31. The van der Waals surface area contributed by atoms with Gasteiger partial charge in [-0.2, -0.15) is 0 Å². The third kappa shape index (κ3) is 2.91. The van der Waals surface area contributed by atoms with Crippen molar-refractivity contribution in [2.75, 3.05) is 18.4 Å². The summed E-state index contributed by atoms with van der Waals surface area (Å²) < 4.78 is 0. The number of hydrogen-bond donors (Lipinski definition) is 1. The summed E-state index contributed by atoms with van der Waals surface area (Å²) in [5, 5.41) is 4.92. The number of rotatable bonds is 3. The largest absolute Gasteiger partial charge is 0.342 e. The average Bonchev–Trinajstić information content (AvgIpc) is 2.98. The number of nitrogens with zero attached hydrogens (tertiary/aromatic N) is 2. The third-order valence-electron chi connectivity index (χ3n) is 4.58. The highest BCUT2D eigenvalue weighted by atomic mass is 16.2. The number of benzene rings is 1. The van der Waals surface area contributed by atoms with Gasteiger partial charge in [-0.1, -0.05) is 31.2 Å². The second-order valence-corrected chi connectivity index (χ2v) is 6.31. The molecule has 0 aliphatic carbocycles. The number of anilines is 1. The minimum Gasteiger partial charge on any atom is -0.342 e. The molecule has 1 fully saturated rings. The molecule has 1 aliphatic rings. The van der Waals surface area contributed by atoms with Gasteiger partial charge in [0.1, 0.15) is 5.82 Å². The van der Waals surface area contributed by atoms with Crippen LogP contribution in [0.3, 0.4) is 0 Å². The fourth-order valence-corrected chi connectivity index (χ4v) is 3.06. The minimum atomic E-state index is -0.566. The molecule has 1 aromatic carbocycles. The van der Waals surface area contributed by atoms with Gasteiger partial charge in [0.25, 0.3) is 0 Å². The lowest BCUT2D eigenvalue weighted by Crippen LogP contribution is -2.38. The van der Waals surface area contributed by atoms with E-state index in [1.165, 1.54) is 0 Å². The number of fused-ring (bicyclic) bond motifs is 1. The Morgan fingerprint density at radius 1 is 1.30 bits per heavy atom. The van der Waals surface area contributed by atoms with Crippen LogP contribution in [0.4, 0.5) is 5.82 Å². The van der Waals surface area contributed by atoms with E-state index in [0.29, 0.717) is 31.7 Å². The highest BCUT2D eigenvalue weighted by molar-refractivity contribution is 6.02. The monoisotopic (exact) mass is 311 g/mol. The van der Waals surface area contributed by atoms with E-state index in [4.69, 9.17) is 0 Å². The van der Waals surface area contributed by atoms with Crippen LogP contribution < -0.4 is 5.32 Å². The maximum absolute atomic E-state index is 12.7. The summed E-state index contributed by atoms with van der Waals surface area (Å²) in [4.78, 5) is 30.7. The Kier molecular flexibility index (Phi) is 4.03. The first-order valence-corrected chi connectivity index (χ1v) is 7.96. The van der Waals surface area contributed by atoms with E-state index in [1.54, 1.807) is 11.1 Å². The lowest BCUT2D eigenvalue weighted by atomic mass is 9.88. The number of amides is 2. The van der Waals surface area contributed by atoms with E-state index in [2.05, 4.69) is 10.3 Å². The van der Waals surface area contributed by atoms with E-state index in [0.717, 1.165) is 10.8 Å². The standard InChI is InChI=1S/C18H21N3O2/c1-3-15(22)21-11-9-18(2,12-21)17(23)20-16-14-7-5-4-6-13(14)8-10-19-16/h4-8,10H,3,9,11-12H2,1-2H3,(H,19,20,23). The summed E-state index contributed by atoms with van der Waals surface area (Å²) in [6.45, 7) is 4.87. The lowest BCUT2D eigenvalue weighted by molar-refractivity contribution is -0.131. The minimum absolute atomic E-state index is 0.0762. The number of nitrogens with one attached hydrogen (secondary N) is 1. The van der Waals surface area contributed by atoms with Crippen molar-refractivity contribution in [1.82, 2.24) is 9.88 Å². The number of carbonyl (C=O) groups is 2. The van der Waals surface area contributed by atoms with Crippen molar-refractivity contribution >= 4 is 28.4 Å². The van der Waals surface area contributed by atoms with Crippen molar-refractivity contribution in [3.8, 4) is 0 Å². The van der Waals surface area contributed by atoms with Gasteiger partial charge in [-0.3, -0.25) is 9.59 Å². The van der Waals surface area contributed by atoms with Gasteiger partial charge in [-0.25, -0.2) is 4.98 Å². The predicted octanol–water partition coefficient (Wildman–Crippen LogP) is 2.82. The lowest BCUT2D eigenvalue weighted by Gasteiger charge is -2.23. The van der Waals surface area contributed by atoms with Crippen LogP contribution >= 0.6 is 0 Å². The van der Waals surface area contributed by atoms with E-state index >= 15 is 0 Å². The summed E-state index contributed by atoms with van der Waals surface area (Å²) in [6.07, 6.45) is 2.85. The molecule has 0 saturated carbocycles. The van der Waals surface area contributed by atoms with E-state index in [1.807, 2.05) is 44.2 Å². The zero-order chi connectivity index (χ0) is 16.4. The first-order chi connectivity index (χ1) is 11.0. The number of aromatic nitrogens is 1. The SMILES string of the molecule is CCC(=O)N1CCC(C)(C(=O)Nc2nccc3ccccc23)C1. The van der Waals surface area contributed by atoms with Crippen molar-refractivity contribution in [3.05, 3.63) is 36.5 Å². The Balaban J connectivity index is 1.80. The van der Waals surface area contributed by atoms with Crippen LogP contribution in [0.25, 0.3) is 10.8 Å². The third-order valence-corrected chi connectivity index (χ3v) is 4.58. The fraction of sp³-hybridized carbons (Fsp3) is 0.389. The summed E-state index contributed by atoms with van der Waals surface area (Å²) in [7, 11) is 0. The van der Waals surface area contributed by atoms with Gasteiger partial charge in [-0.15, -0.1) is 0 Å². The van der Waals surface area contributed by atoms with Gasteiger partial charge in [0.2, 0.25) is 11.8 Å². The molecule has 2 amide bonds. The summed E-state index contributed by atoms with van der Waals surface area (Å²) in [6, 6.07) is 9.75. The summed E-state index contributed by atoms with van der Waals surface area (Å²) in [5.41, 5.74) is -0.566. The van der Waals surface area contributed by atoms with E-state index in [9.17, 15) is 9.59 Å². The topological polar surface area (TPSA) is 62.3 Å². The van der Waals surface area contributed by atoms with Crippen LogP contribution in [0.2, 0.25) is 0 Å². The maximum atomic E-state index is 12.7. The van der Waals surface area contributed by atoms with Gasteiger partial charge in [-0.05, 0) is 24.8 Å². The Morgan fingerprint density at radius 2 is 2.09 bits per heavy atom. The molecule has 5 heteroatoms. The molecule has 2 heterocycles. The van der Waals surface area contributed by atoms with Crippen molar-refractivity contribution in [1.29, 1.82) is 0 Å². The Labute approximate surface area is 135 Å². The molecular formula is C18H21N3O2. The molecule has 1 saturated heterocycles. The molecule has 1 aromatic heterocycles. The first kappa shape index (κ1) is 15.5. The molecule has 0 bridgehead atoms. The molecule has 0 spiro atoms. The zero-order valence-corrected chi connectivity index (χ0v) is 13.5. The Hall–Kier alpha value is -2.43. The predicted molar refractivity (Wildman–Crippen MR) is 90.0 cm³/mol. The van der Waals surface area contributed by atoms with Gasteiger partial charge in [0.15, 0.2) is 0 Å². The Bertz CT molecular complexity index is 754. The average molecular weight is 311 g/mol. The van der Waals surface area contributed by atoms with E-state index < -0.39 is 5.41 Å². The zero-order valence-electron chi connectivity index (χ0n) is 13.5. The second kappa shape index (κ2) is 5.99. The van der Waals surface area contributed by atoms with Gasteiger partial charge < -0.3 is 10.2 Å². The fourth-order valence-electron chi connectivity index (χ4n) is 3.06. The molecule has 1 atom stereocenters. The summed E-state index contributed by atoms with van der Waals surface area (Å²) in [5.74, 6) is 0.604. The highest BCUT2D eigenvalue weighted by Gasteiger charge is 2.41. The van der Waals surface area contributed by atoms with E-state index in [-0.39, 0.29) is 11.8 Å². The molecular weight excluding hydrogens is 290 g/mol. The quantitative estimate of drug-likeness (QED) is 0.948. The molecule has 3 rings (SSSR count). The molecule has 23 heavy (non-hydrogen) atoms. The van der Waals surface area contributed by atoms with Crippen LogP contribution in [-0.4, -0.2) is 34.8 Å². The molecule has 5 nitrogen and oxygen atoms in total. The van der Waals surface area contributed by atoms with Crippen molar-refractivity contribution in [2.45, 2.75) is 26.7 Å². The van der Waals surface area contributed by atoms with Gasteiger partial charge >= 0.3 is 0 Å². The highest BCUT2D eigenvalue weighted by Crippen LogP contribution is 2.32. The van der Waals surface area contributed by atoms with Crippen molar-refractivity contribution < 1.29 is 9.59 Å². The van der Waals surface area contributed by atoms with Crippen LogP contribution in [0, 0.1) is 5.41 Å². The molecule has 120 valence electrons. The van der Waals surface area contributed by atoms with Crippen LogP contribution in [0.1, 0.15) is 26.7 Å². The number of hydrogen-bond acceptors (Lipinski definition) is 3. The first-order valence-electron chi connectivity index (χ1n) is 7.96. The van der Waals surface area contributed by atoms with Crippen LogP contribution in [0.5, 0.6) is 0 Å². The van der Waals surface area contributed by atoms with Crippen molar-refractivity contribution in [3.63, 3.8) is 0 Å². The molecule has 2 aromatic rings. The van der Waals surface area contributed by atoms with Crippen molar-refractivity contribution in [2.24, 2.45) is 5.41 Å². The molecule has 1 unspecified atom stereocenters. The smallest absolute Gasteiger partial charge is 0.233 e. The molecule has 1 N–H and O–H groups in total. The Morgan fingerprint density at radius 3 is 2.87 bits per heavy atom. The number of carbonyl (C=O) groups excluding carboxylic acids is 2. The number of pyridine rings is 1. The van der Waals surface area contributed by atoms with Gasteiger partial charge in [0.05, 0.1) is 5.41 Å².